The maximum atomic E-state index is 12.9. The maximum absolute atomic E-state index is 12.9. The van der Waals surface area contributed by atoms with Crippen LogP contribution in [0.15, 0.2) is 58.3 Å². The third-order valence-electron chi connectivity index (χ3n) is 5.31. The van der Waals surface area contributed by atoms with E-state index in [0.29, 0.717) is 36.7 Å². The number of hydrogen-bond acceptors (Lipinski definition) is 4. The highest BCUT2D eigenvalue weighted by Gasteiger charge is 2.29. The maximum Gasteiger partial charge on any atom is 0.243 e. The molecule has 28 heavy (non-hydrogen) atoms. The number of carbonyl (C=O) groups is 1. The Morgan fingerprint density at radius 1 is 0.964 bits per heavy atom. The van der Waals surface area contributed by atoms with Crippen molar-refractivity contribution in [3.05, 3.63) is 54.1 Å². The predicted molar refractivity (Wildman–Crippen MR) is 112 cm³/mol. The lowest BCUT2D eigenvalue weighted by atomic mass is 10.2. The van der Waals surface area contributed by atoms with Crippen LogP contribution < -0.4 is 4.90 Å². The molecule has 0 aromatic heterocycles. The zero-order valence-electron chi connectivity index (χ0n) is 15.7. The number of thioether (sulfide) groups is 1. The molecule has 0 N–H and O–H groups in total. The molecular formula is C21H24N2O3S2. The average molecular weight is 417 g/mol. The fourth-order valence-corrected chi connectivity index (χ4v) is 6.16. The van der Waals surface area contributed by atoms with Gasteiger partial charge < -0.3 is 4.90 Å². The van der Waals surface area contributed by atoms with Crippen LogP contribution in [0.4, 0.5) is 5.69 Å². The summed E-state index contributed by atoms with van der Waals surface area (Å²) in [6, 6.07) is 15.1. The normalized spacial score (nSPS) is 17.5. The number of rotatable bonds is 5. The molecule has 1 saturated heterocycles. The van der Waals surface area contributed by atoms with Crippen molar-refractivity contribution in [1.29, 1.82) is 0 Å². The first-order valence-corrected chi connectivity index (χ1v) is 12.1. The molecule has 2 aliphatic heterocycles. The molecular weight excluding hydrogens is 392 g/mol. The van der Waals surface area contributed by atoms with Crippen LogP contribution in [-0.4, -0.2) is 44.0 Å². The van der Waals surface area contributed by atoms with Gasteiger partial charge in [0.25, 0.3) is 0 Å². The molecule has 2 aromatic carbocycles. The van der Waals surface area contributed by atoms with Crippen LogP contribution in [-0.2, 0) is 21.2 Å². The number of sulfonamides is 1. The second-order valence-electron chi connectivity index (χ2n) is 7.15. The topological polar surface area (TPSA) is 57.7 Å². The summed E-state index contributed by atoms with van der Waals surface area (Å²) >= 11 is 1.52. The fourth-order valence-electron chi connectivity index (χ4n) is 3.79. The van der Waals surface area contributed by atoms with Gasteiger partial charge >= 0.3 is 0 Å². The zero-order chi connectivity index (χ0) is 19.6. The number of nitrogens with zero attached hydrogens (tertiary/aromatic N) is 2. The highest BCUT2D eigenvalue weighted by molar-refractivity contribution is 8.00. The summed E-state index contributed by atoms with van der Waals surface area (Å²) in [4.78, 5) is 15.9. The number of benzene rings is 2. The Morgan fingerprint density at radius 2 is 1.71 bits per heavy atom. The van der Waals surface area contributed by atoms with Gasteiger partial charge in [0.05, 0.1) is 10.6 Å². The van der Waals surface area contributed by atoms with Crippen molar-refractivity contribution in [3.8, 4) is 0 Å². The molecule has 0 aliphatic carbocycles. The van der Waals surface area contributed by atoms with E-state index in [9.17, 15) is 13.2 Å². The van der Waals surface area contributed by atoms with Crippen LogP contribution in [0.1, 0.15) is 24.8 Å². The van der Waals surface area contributed by atoms with Gasteiger partial charge in [-0.25, -0.2) is 8.42 Å². The van der Waals surface area contributed by atoms with Gasteiger partial charge in [0.1, 0.15) is 0 Å². The molecule has 0 bridgehead atoms. The van der Waals surface area contributed by atoms with Gasteiger partial charge in [-0.2, -0.15) is 4.31 Å². The molecule has 1 amide bonds. The summed E-state index contributed by atoms with van der Waals surface area (Å²) in [6.45, 7) is 1.80. The summed E-state index contributed by atoms with van der Waals surface area (Å²) < 4.78 is 27.4. The molecule has 0 saturated carbocycles. The van der Waals surface area contributed by atoms with Crippen LogP contribution in [0.25, 0.3) is 0 Å². The summed E-state index contributed by atoms with van der Waals surface area (Å²) in [5, 5.41) is 0. The largest absolute Gasteiger partial charge is 0.311 e. The Hall–Kier alpha value is -1.83. The van der Waals surface area contributed by atoms with Gasteiger partial charge in [-0.3, -0.25) is 4.79 Å². The highest BCUT2D eigenvalue weighted by Crippen LogP contribution is 2.32. The molecule has 0 unspecified atom stereocenters. The number of amides is 1. The molecule has 2 aliphatic rings. The summed E-state index contributed by atoms with van der Waals surface area (Å²) in [7, 11) is -3.44. The molecule has 2 aromatic rings. The average Bonchev–Trinajstić information content (AvgIpc) is 3.17. The summed E-state index contributed by atoms with van der Waals surface area (Å²) in [5.74, 6) is 0.427. The van der Waals surface area contributed by atoms with Gasteiger partial charge in [-0.05, 0) is 55.2 Å². The SMILES string of the molecule is O=C(CSc1ccccc1)N1CCc2cc(S(=O)(=O)N3CCCCC3)ccc21. The minimum atomic E-state index is -3.44. The Kier molecular flexibility index (Phi) is 5.75. The lowest BCUT2D eigenvalue weighted by Gasteiger charge is -2.26. The van der Waals surface area contributed by atoms with Crippen molar-refractivity contribution in [3.63, 3.8) is 0 Å². The Labute approximate surface area is 170 Å². The van der Waals surface area contributed by atoms with Crippen LogP contribution in [0.2, 0.25) is 0 Å². The van der Waals surface area contributed by atoms with E-state index >= 15 is 0 Å². The minimum Gasteiger partial charge on any atom is -0.311 e. The van der Waals surface area contributed by atoms with Crippen molar-refractivity contribution in [2.24, 2.45) is 0 Å². The quantitative estimate of drug-likeness (QED) is 0.700. The van der Waals surface area contributed by atoms with Gasteiger partial charge in [-0.1, -0.05) is 24.6 Å². The van der Waals surface area contributed by atoms with E-state index < -0.39 is 10.0 Å². The lowest BCUT2D eigenvalue weighted by Crippen LogP contribution is -2.35. The van der Waals surface area contributed by atoms with E-state index in [2.05, 4.69) is 0 Å². The smallest absolute Gasteiger partial charge is 0.243 e. The van der Waals surface area contributed by atoms with Crippen molar-refractivity contribution in [1.82, 2.24) is 4.31 Å². The predicted octanol–water partition coefficient (Wildman–Crippen LogP) is 3.54. The molecule has 7 heteroatoms. The van der Waals surface area contributed by atoms with Crippen molar-refractivity contribution in [2.45, 2.75) is 35.5 Å². The van der Waals surface area contributed by atoms with E-state index in [0.717, 1.165) is 35.4 Å². The Bertz CT molecular complexity index is 955. The monoisotopic (exact) mass is 416 g/mol. The number of fused-ring (bicyclic) bond motifs is 1. The van der Waals surface area contributed by atoms with Crippen molar-refractivity contribution in [2.75, 3.05) is 30.3 Å². The second kappa shape index (κ2) is 8.27. The summed E-state index contributed by atoms with van der Waals surface area (Å²) in [6.07, 6.45) is 3.63. The van der Waals surface area contributed by atoms with Crippen molar-refractivity contribution < 1.29 is 13.2 Å². The van der Waals surface area contributed by atoms with Crippen LogP contribution >= 0.6 is 11.8 Å². The van der Waals surface area contributed by atoms with E-state index in [1.165, 1.54) is 11.8 Å². The fraction of sp³-hybridized carbons (Fsp3) is 0.381. The Balaban J connectivity index is 1.48. The molecule has 0 atom stereocenters. The van der Waals surface area contributed by atoms with Gasteiger partial charge in [0, 0.05) is 30.2 Å². The molecule has 5 nitrogen and oxygen atoms in total. The number of hydrogen-bond donors (Lipinski definition) is 0. The third-order valence-corrected chi connectivity index (χ3v) is 8.20. The zero-order valence-corrected chi connectivity index (χ0v) is 17.3. The lowest BCUT2D eigenvalue weighted by molar-refractivity contribution is -0.116. The molecule has 1 fully saturated rings. The van der Waals surface area contributed by atoms with Gasteiger partial charge in [0.2, 0.25) is 15.9 Å². The standard InChI is InChI=1S/C21H24N2O3S2/c24-21(16-27-18-7-3-1-4-8-18)23-14-11-17-15-19(9-10-20(17)23)28(25,26)22-12-5-2-6-13-22/h1,3-4,7-10,15H,2,5-6,11-14,16H2. The van der Waals surface area contributed by atoms with Crippen molar-refractivity contribution >= 4 is 33.4 Å². The van der Waals surface area contributed by atoms with Crippen LogP contribution in [0.3, 0.4) is 0 Å². The van der Waals surface area contributed by atoms with E-state index in [-0.39, 0.29) is 5.91 Å². The number of carbonyl (C=O) groups excluding carboxylic acids is 1. The molecule has 148 valence electrons. The highest BCUT2D eigenvalue weighted by atomic mass is 32.2. The van der Waals surface area contributed by atoms with Crippen LogP contribution in [0, 0.1) is 0 Å². The van der Waals surface area contributed by atoms with Gasteiger partial charge in [0.15, 0.2) is 0 Å². The molecule has 0 spiro atoms. The second-order valence-corrected chi connectivity index (χ2v) is 10.1. The first-order chi connectivity index (χ1) is 13.6. The number of anilines is 1. The minimum absolute atomic E-state index is 0.0549. The molecule has 2 heterocycles. The Morgan fingerprint density at radius 3 is 2.46 bits per heavy atom. The molecule has 0 radical (unpaired) electrons. The number of piperidine rings is 1. The van der Waals surface area contributed by atoms with Crippen LogP contribution in [0.5, 0.6) is 0 Å². The molecule has 4 rings (SSSR count). The summed E-state index contributed by atoms with van der Waals surface area (Å²) in [5.41, 5.74) is 1.78. The third kappa shape index (κ3) is 3.97. The first kappa shape index (κ1) is 19.5. The first-order valence-electron chi connectivity index (χ1n) is 9.67. The van der Waals surface area contributed by atoms with E-state index in [4.69, 9.17) is 0 Å². The van der Waals surface area contributed by atoms with Gasteiger partial charge in [-0.15, -0.1) is 11.8 Å². The van der Waals surface area contributed by atoms with E-state index in [1.54, 1.807) is 27.4 Å². The van der Waals surface area contributed by atoms with E-state index in [1.807, 2.05) is 30.3 Å².